The molecule has 0 spiro atoms. The summed E-state index contributed by atoms with van der Waals surface area (Å²) < 4.78 is 87.5. The molecule has 0 aromatic rings. The minimum atomic E-state index is -5.82. The smallest absolute Gasteiger partial charge is 0.283 e. The Kier molecular flexibility index (Phi) is 4.70. The lowest BCUT2D eigenvalue weighted by Gasteiger charge is -2.23. The molecule has 0 saturated carbocycles. The van der Waals surface area contributed by atoms with Crippen LogP contribution in [0.15, 0.2) is 0 Å². The molecule has 0 aliphatic heterocycles. The summed E-state index contributed by atoms with van der Waals surface area (Å²) in [6, 6.07) is 0. The van der Waals surface area contributed by atoms with Gasteiger partial charge in [-0.2, -0.15) is 25.3 Å². The van der Waals surface area contributed by atoms with Gasteiger partial charge < -0.3 is 0 Å². The third-order valence-corrected chi connectivity index (χ3v) is 8.67. The van der Waals surface area contributed by atoms with Crippen LogP contribution in [0.1, 0.15) is 19.3 Å². The van der Waals surface area contributed by atoms with Crippen LogP contribution in [0.3, 0.4) is 0 Å². The van der Waals surface area contributed by atoms with Gasteiger partial charge in [0.15, 0.2) is 0 Å². The maximum Gasteiger partial charge on any atom is 0.345 e. The van der Waals surface area contributed by atoms with Gasteiger partial charge >= 0.3 is 33.8 Å². The van der Waals surface area contributed by atoms with Crippen molar-refractivity contribution < 1.29 is 38.9 Å². The first kappa shape index (κ1) is 16.7. The lowest BCUT2D eigenvalue weighted by Crippen LogP contribution is -2.52. The van der Waals surface area contributed by atoms with Gasteiger partial charge in [-0.3, -0.25) is 13.7 Å². The van der Waals surface area contributed by atoms with Crippen LogP contribution >= 0.6 is 0 Å². The zero-order valence-corrected chi connectivity index (χ0v) is 10.8. The molecule has 0 aliphatic carbocycles. The second kappa shape index (κ2) is 4.78. The van der Waals surface area contributed by atoms with Gasteiger partial charge in [-0.05, 0) is 6.42 Å². The Morgan fingerprint density at radius 2 is 1.12 bits per heavy atom. The molecule has 0 heterocycles. The summed E-state index contributed by atoms with van der Waals surface area (Å²) in [7, 11) is -17.5. The van der Waals surface area contributed by atoms with Gasteiger partial charge in [0.05, 0.1) is 0 Å². The second-order valence-electron chi connectivity index (χ2n) is 3.07. The van der Waals surface area contributed by atoms with Crippen LogP contribution in [0.2, 0.25) is 0 Å². The van der Waals surface area contributed by atoms with Crippen molar-refractivity contribution in [1.82, 2.24) is 0 Å². The molecular formula is C5H11O9S3. The molecule has 0 saturated heterocycles. The number of rotatable bonds is 6. The van der Waals surface area contributed by atoms with Crippen molar-refractivity contribution in [3.05, 3.63) is 6.92 Å². The van der Waals surface area contributed by atoms with E-state index in [-0.39, 0.29) is 12.8 Å². The maximum absolute atomic E-state index is 10.9. The molecule has 0 aromatic heterocycles. The van der Waals surface area contributed by atoms with Crippen molar-refractivity contribution in [1.29, 1.82) is 0 Å². The third kappa shape index (κ3) is 2.95. The lowest BCUT2D eigenvalue weighted by atomic mass is 10.3. The quantitative estimate of drug-likeness (QED) is 0.538. The Morgan fingerprint density at radius 3 is 1.29 bits per heavy atom. The predicted molar refractivity (Wildman–Crippen MR) is 56.6 cm³/mol. The van der Waals surface area contributed by atoms with Crippen molar-refractivity contribution in [3.8, 4) is 0 Å². The second-order valence-corrected chi connectivity index (χ2v) is 8.78. The van der Waals surface area contributed by atoms with Crippen LogP contribution in [0, 0.1) is 6.92 Å². The Bertz CT molecular complexity index is 487. The summed E-state index contributed by atoms with van der Waals surface area (Å²) in [4.78, 5) is 0. The van der Waals surface area contributed by atoms with E-state index < -0.39 is 40.2 Å². The van der Waals surface area contributed by atoms with Gasteiger partial charge in [-0.25, -0.2) is 0 Å². The standard InChI is InChI=1S/C5H11O9S3/c1-2-3-4-5(15(6,7)8,16(9,10)11)17(12,13)14/h1-4H2,(H,6,7,8)(H,9,10,11)(H,12,13,14). The fourth-order valence-corrected chi connectivity index (χ4v) is 5.53. The first-order valence-electron chi connectivity index (χ1n) is 4.01. The molecule has 0 fully saturated rings. The number of hydrogen-bond acceptors (Lipinski definition) is 6. The lowest BCUT2D eigenvalue weighted by molar-refractivity contribution is 0.414. The van der Waals surface area contributed by atoms with Crippen LogP contribution in [0.5, 0.6) is 0 Å². The summed E-state index contributed by atoms with van der Waals surface area (Å²) >= 11 is 0. The molecule has 12 heteroatoms. The highest BCUT2D eigenvalue weighted by Gasteiger charge is 2.64. The number of unbranched alkanes of at least 4 members (excludes halogenated alkanes) is 1. The molecule has 0 aromatic carbocycles. The largest absolute Gasteiger partial charge is 0.345 e. The van der Waals surface area contributed by atoms with Gasteiger partial charge in [0.1, 0.15) is 0 Å². The monoisotopic (exact) mass is 311 g/mol. The summed E-state index contributed by atoms with van der Waals surface area (Å²) in [6.07, 6.45) is -1.71. The SMILES string of the molecule is [CH2]CCCC(S(=O)(=O)O)(S(=O)(=O)O)S(=O)(=O)O. The molecule has 3 N–H and O–H groups in total. The van der Waals surface area contributed by atoms with Crippen molar-refractivity contribution in [2.45, 2.75) is 22.7 Å². The van der Waals surface area contributed by atoms with Gasteiger partial charge in [-0.15, -0.1) is 0 Å². The average Bonchev–Trinajstić information content (AvgIpc) is 1.96. The first-order valence-corrected chi connectivity index (χ1v) is 8.33. The summed E-state index contributed by atoms with van der Waals surface area (Å²) in [6.45, 7) is 3.21. The zero-order chi connectivity index (χ0) is 14.1. The van der Waals surface area contributed by atoms with E-state index in [0.29, 0.717) is 0 Å². The fraction of sp³-hybridized carbons (Fsp3) is 0.800. The molecule has 17 heavy (non-hydrogen) atoms. The van der Waals surface area contributed by atoms with Crippen LogP contribution < -0.4 is 0 Å². The highest BCUT2D eigenvalue weighted by atomic mass is 32.3. The average molecular weight is 311 g/mol. The van der Waals surface area contributed by atoms with E-state index in [2.05, 4.69) is 6.92 Å². The van der Waals surface area contributed by atoms with Gasteiger partial charge in [0.25, 0.3) is 0 Å². The molecule has 0 unspecified atom stereocenters. The van der Waals surface area contributed by atoms with Crippen molar-refractivity contribution in [2.75, 3.05) is 0 Å². The van der Waals surface area contributed by atoms with Crippen molar-refractivity contribution in [3.63, 3.8) is 0 Å². The molecule has 0 rings (SSSR count). The highest BCUT2D eigenvalue weighted by molar-refractivity contribution is 8.21. The Balaban J connectivity index is 6.36. The van der Waals surface area contributed by atoms with E-state index in [9.17, 15) is 25.3 Å². The fourth-order valence-electron chi connectivity index (χ4n) is 1.13. The topological polar surface area (TPSA) is 163 Å². The van der Waals surface area contributed by atoms with Gasteiger partial charge in [0.2, 0.25) is 0 Å². The molecule has 9 nitrogen and oxygen atoms in total. The number of hydrogen-bond donors (Lipinski definition) is 3. The molecule has 0 aliphatic rings. The van der Waals surface area contributed by atoms with E-state index in [4.69, 9.17) is 13.7 Å². The predicted octanol–water partition coefficient (Wildman–Crippen LogP) is -0.692. The first-order chi connectivity index (χ1) is 7.31. The van der Waals surface area contributed by atoms with E-state index >= 15 is 0 Å². The van der Waals surface area contributed by atoms with Crippen molar-refractivity contribution in [2.24, 2.45) is 0 Å². The molecule has 1 radical (unpaired) electrons. The van der Waals surface area contributed by atoms with Crippen LogP contribution in [-0.2, 0) is 30.4 Å². The molecule has 0 atom stereocenters. The van der Waals surface area contributed by atoms with Crippen molar-refractivity contribution >= 4 is 30.4 Å². The van der Waals surface area contributed by atoms with E-state index in [0.717, 1.165) is 0 Å². The normalized spacial score (nSPS) is 14.8. The maximum atomic E-state index is 10.9. The molecule has 0 bridgehead atoms. The van der Waals surface area contributed by atoms with E-state index in [1.165, 1.54) is 0 Å². The molecule has 0 amide bonds. The van der Waals surface area contributed by atoms with Crippen LogP contribution in [0.4, 0.5) is 0 Å². The third-order valence-electron chi connectivity index (χ3n) is 1.91. The highest BCUT2D eigenvalue weighted by Crippen LogP contribution is 2.34. The van der Waals surface area contributed by atoms with Gasteiger partial charge in [0, 0.05) is 6.42 Å². The van der Waals surface area contributed by atoms with Gasteiger partial charge in [-0.1, -0.05) is 13.3 Å². The Hall–Kier alpha value is -0.270. The Morgan fingerprint density at radius 1 is 0.824 bits per heavy atom. The van der Waals surface area contributed by atoms with Crippen LogP contribution in [-0.4, -0.2) is 42.3 Å². The summed E-state index contributed by atoms with van der Waals surface area (Å²) in [5.41, 5.74) is 0. The minimum Gasteiger partial charge on any atom is -0.283 e. The Labute approximate surface area is 99.1 Å². The van der Waals surface area contributed by atoms with E-state index in [1.807, 2.05) is 0 Å². The zero-order valence-electron chi connectivity index (χ0n) is 8.34. The summed E-state index contributed by atoms with van der Waals surface area (Å²) in [5.74, 6) is 0. The summed E-state index contributed by atoms with van der Waals surface area (Å²) in [5, 5.41) is 0. The molecular weight excluding hydrogens is 300 g/mol. The minimum absolute atomic E-state index is 0.0810. The van der Waals surface area contributed by atoms with E-state index in [1.54, 1.807) is 0 Å². The van der Waals surface area contributed by atoms with Crippen LogP contribution in [0.25, 0.3) is 0 Å². The molecule has 103 valence electrons.